The van der Waals surface area contributed by atoms with Crippen LogP contribution in [0.1, 0.15) is 53.8 Å². The van der Waals surface area contributed by atoms with Gasteiger partial charge in [-0.3, -0.25) is 4.79 Å². The van der Waals surface area contributed by atoms with Gasteiger partial charge in [-0.25, -0.2) is 4.98 Å². The van der Waals surface area contributed by atoms with Crippen LogP contribution >= 0.6 is 0 Å². The number of nitrogens with one attached hydrogen (secondary N) is 1. The Labute approximate surface area is 134 Å². The molecule has 1 amide bonds. The third-order valence-electron chi connectivity index (χ3n) is 4.29. The standard InChI is InChI=1S/C16H19N5O2/c1-10-18-15(20-23-10)13-3-2-8-21(13)16(22)11-4-7-14(17-9-11)19-12-5-6-12/h4,7,9,12-13H,2-3,5-6,8H2,1H3,(H,17,19)/t13-/m0/s1. The zero-order chi connectivity index (χ0) is 15.8. The van der Waals surface area contributed by atoms with Crippen molar-refractivity contribution >= 4 is 11.7 Å². The van der Waals surface area contributed by atoms with E-state index in [1.807, 2.05) is 17.0 Å². The molecule has 1 saturated carbocycles. The van der Waals surface area contributed by atoms with Crippen molar-refractivity contribution < 1.29 is 9.32 Å². The number of hydrogen-bond acceptors (Lipinski definition) is 6. The number of likely N-dealkylation sites (tertiary alicyclic amines) is 1. The lowest BCUT2D eigenvalue weighted by Gasteiger charge is -2.22. The van der Waals surface area contributed by atoms with E-state index >= 15 is 0 Å². The van der Waals surface area contributed by atoms with Crippen molar-refractivity contribution in [3.63, 3.8) is 0 Å². The summed E-state index contributed by atoms with van der Waals surface area (Å²) in [5.74, 6) is 1.92. The van der Waals surface area contributed by atoms with Crippen LogP contribution in [0.5, 0.6) is 0 Å². The van der Waals surface area contributed by atoms with Gasteiger partial charge in [-0.15, -0.1) is 0 Å². The Hall–Kier alpha value is -2.44. The second-order valence-corrected chi connectivity index (χ2v) is 6.18. The lowest BCUT2D eigenvalue weighted by Crippen LogP contribution is -2.31. The molecule has 4 rings (SSSR count). The summed E-state index contributed by atoms with van der Waals surface area (Å²) in [5, 5.41) is 7.29. The van der Waals surface area contributed by atoms with Crippen molar-refractivity contribution in [3.05, 3.63) is 35.6 Å². The fraction of sp³-hybridized carbons (Fsp3) is 0.500. The summed E-state index contributed by atoms with van der Waals surface area (Å²) >= 11 is 0. The molecular weight excluding hydrogens is 294 g/mol. The molecule has 23 heavy (non-hydrogen) atoms. The van der Waals surface area contributed by atoms with Gasteiger partial charge in [0.2, 0.25) is 5.89 Å². The molecule has 0 unspecified atom stereocenters. The van der Waals surface area contributed by atoms with Crippen molar-refractivity contribution in [1.82, 2.24) is 20.0 Å². The Kier molecular flexibility index (Phi) is 3.48. The normalized spacial score (nSPS) is 20.7. The number of nitrogens with zero attached hydrogens (tertiary/aromatic N) is 4. The maximum absolute atomic E-state index is 12.8. The highest BCUT2D eigenvalue weighted by Crippen LogP contribution is 2.31. The number of anilines is 1. The van der Waals surface area contributed by atoms with E-state index in [9.17, 15) is 4.79 Å². The van der Waals surface area contributed by atoms with Crippen LogP contribution in [0.15, 0.2) is 22.9 Å². The largest absolute Gasteiger partial charge is 0.367 e. The number of aromatic nitrogens is 3. The molecule has 1 aliphatic heterocycles. The zero-order valence-corrected chi connectivity index (χ0v) is 13.0. The second kappa shape index (κ2) is 5.64. The number of rotatable bonds is 4. The molecule has 7 heteroatoms. The van der Waals surface area contributed by atoms with E-state index in [4.69, 9.17) is 4.52 Å². The van der Waals surface area contributed by atoms with E-state index < -0.39 is 0 Å². The zero-order valence-electron chi connectivity index (χ0n) is 13.0. The molecular formula is C16H19N5O2. The van der Waals surface area contributed by atoms with Crippen molar-refractivity contribution in [3.8, 4) is 0 Å². The minimum Gasteiger partial charge on any atom is -0.367 e. The Morgan fingerprint density at radius 1 is 1.35 bits per heavy atom. The number of amides is 1. The molecule has 3 heterocycles. The van der Waals surface area contributed by atoms with Gasteiger partial charge in [-0.05, 0) is 37.8 Å². The summed E-state index contributed by atoms with van der Waals surface area (Å²) in [5.41, 5.74) is 0.596. The Bertz CT molecular complexity index is 708. The van der Waals surface area contributed by atoms with Gasteiger partial charge in [-0.1, -0.05) is 5.16 Å². The van der Waals surface area contributed by atoms with Gasteiger partial charge in [-0.2, -0.15) is 4.98 Å². The van der Waals surface area contributed by atoms with E-state index in [0.29, 0.717) is 29.9 Å². The topological polar surface area (TPSA) is 84.2 Å². The monoisotopic (exact) mass is 313 g/mol. The van der Waals surface area contributed by atoms with Gasteiger partial charge < -0.3 is 14.7 Å². The lowest BCUT2D eigenvalue weighted by molar-refractivity contribution is 0.0728. The third-order valence-corrected chi connectivity index (χ3v) is 4.29. The van der Waals surface area contributed by atoms with Crippen LogP contribution in [0, 0.1) is 6.92 Å². The number of aryl methyl sites for hydroxylation is 1. The quantitative estimate of drug-likeness (QED) is 0.932. The maximum atomic E-state index is 12.8. The minimum atomic E-state index is -0.107. The van der Waals surface area contributed by atoms with E-state index in [-0.39, 0.29) is 11.9 Å². The highest BCUT2D eigenvalue weighted by Gasteiger charge is 2.33. The first kappa shape index (κ1) is 14.2. The summed E-state index contributed by atoms with van der Waals surface area (Å²) in [7, 11) is 0. The molecule has 1 aliphatic carbocycles. The first-order valence-electron chi connectivity index (χ1n) is 8.04. The summed E-state index contributed by atoms with van der Waals surface area (Å²) in [4.78, 5) is 23.2. The van der Waals surface area contributed by atoms with Crippen molar-refractivity contribution in [2.24, 2.45) is 0 Å². The van der Waals surface area contributed by atoms with Crippen LogP contribution in [0.2, 0.25) is 0 Å². The summed E-state index contributed by atoms with van der Waals surface area (Å²) in [6.07, 6.45) is 5.84. The molecule has 2 aromatic heterocycles. The Morgan fingerprint density at radius 2 is 2.22 bits per heavy atom. The third kappa shape index (κ3) is 2.91. The van der Waals surface area contributed by atoms with Gasteiger partial charge in [0.1, 0.15) is 5.82 Å². The van der Waals surface area contributed by atoms with Crippen LogP contribution in [0.4, 0.5) is 5.82 Å². The fourth-order valence-electron chi connectivity index (χ4n) is 2.94. The van der Waals surface area contributed by atoms with Gasteiger partial charge in [0.15, 0.2) is 5.82 Å². The predicted molar refractivity (Wildman–Crippen MR) is 82.9 cm³/mol. The van der Waals surface area contributed by atoms with Crippen LogP contribution in [-0.4, -0.2) is 38.5 Å². The molecule has 2 aliphatic rings. The van der Waals surface area contributed by atoms with Crippen molar-refractivity contribution in [2.75, 3.05) is 11.9 Å². The molecule has 2 fully saturated rings. The van der Waals surface area contributed by atoms with E-state index in [0.717, 1.165) is 18.7 Å². The number of pyridine rings is 1. The van der Waals surface area contributed by atoms with Crippen LogP contribution in [-0.2, 0) is 0 Å². The molecule has 0 bridgehead atoms. The Morgan fingerprint density at radius 3 is 2.87 bits per heavy atom. The molecule has 0 radical (unpaired) electrons. The molecule has 1 atom stereocenters. The molecule has 0 aromatic carbocycles. The minimum absolute atomic E-state index is 0.0274. The van der Waals surface area contributed by atoms with E-state index in [2.05, 4.69) is 20.4 Å². The first-order chi connectivity index (χ1) is 11.2. The van der Waals surface area contributed by atoms with Crippen molar-refractivity contribution in [2.45, 2.75) is 44.7 Å². The lowest BCUT2D eigenvalue weighted by atomic mass is 10.2. The summed E-state index contributed by atoms with van der Waals surface area (Å²) < 4.78 is 5.05. The molecule has 0 spiro atoms. The van der Waals surface area contributed by atoms with Crippen LogP contribution < -0.4 is 5.32 Å². The number of hydrogen-bond donors (Lipinski definition) is 1. The molecule has 7 nitrogen and oxygen atoms in total. The molecule has 2 aromatic rings. The van der Waals surface area contributed by atoms with E-state index in [1.165, 1.54) is 12.8 Å². The summed E-state index contributed by atoms with van der Waals surface area (Å²) in [6, 6.07) is 4.14. The van der Waals surface area contributed by atoms with Gasteiger partial charge in [0.25, 0.3) is 5.91 Å². The van der Waals surface area contributed by atoms with Crippen LogP contribution in [0.3, 0.4) is 0 Å². The number of carbonyl (C=O) groups excluding carboxylic acids is 1. The predicted octanol–water partition coefficient (Wildman–Crippen LogP) is 2.32. The molecule has 1 N–H and O–H groups in total. The average Bonchev–Trinajstić information content (AvgIpc) is 3.07. The van der Waals surface area contributed by atoms with Gasteiger partial charge in [0, 0.05) is 25.7 Å². The van der Waals surface area contributed by atoms with Crippen LogP contribution in [0.25, 0.3) is 0 Å². The highest BCUT2D eigenvalue weighted by atomic mass is 16.5. The number of carbonyl (C=O) groups is 1. The highest BCUT2D eigenvalue weighted by molar-refractivity contribution is 5.94. The van der Waals surface area contributed by atoms with E-state index in [1.54, 1.807) is 13.1 Å². The first-order valence-corrected chi connectivity index (χ1v) is 8.04. The van der Waals surface area contributed by atoms with Gasteiger partial charge in [0.05, 0.1) is 11.6 Å². The Balaban J connectivity index is 1.50. The fourth-order valence-corrected chi connectivity index (χ4v) is 2.94. The summed E-state index contributed by atoms with van der Waals surface area (Å²) in [6.45, 7) is 2.46. The smallest absolute Gasteiger partial charge is 0.256 e. The molecule has 1 saturated heterocycles. The average molecular weight is 313 g/mol. The second-order valence-electron chi connectivity index (χ2n) is 6.18. The van der Waals surface area contributed by atoms with Crippen molar-refractivity contribution in [1.29, 1.82) is 0 Å². The van der Waals surface area contributed by atoms with Gasteiger partial charge >= 0.3 is 0 Å². The maximum Gasteiger partial charge on any atom is 0.256 e. The molecule has 120 valence electrons. The SMILES string of the molecule is Cc1nc([C@@H]2CCCN2C(=O)c2ccc(NC3CC3)nc2)no1.